The largest absolute Gasteiger partial charge is 0.492 e. The van der Waals surface area contributed by atoms with Gasteiger partial charge >= 0.3 is 0 Å². The molecule has 0 spiro atoms. The summed E-state index contributed by atoms with van der Waals surface area (Å²) in [6.45, 7) is 10.5. The van der Waals surface area contributed by atoms with Gasteiger partial charge in [-0.3, -0.25) is 9.59 Å². The molecule has 2 N–H and O–H groups in total. The van der Waals surface area contributed by atoms with Crippen LogP contribution in [-0.4, -0.2) is 54.9 Å². The molecule has 0 unspecified atom stereocenters. The molecule has 166 valence electrons. The van der Waals surface area contributed by atoms with Crippen molar-refractivity contribution in [3.8, 4) is 5.75 Å². The summed E-state index contributed by atoms with van der Waals surface area (Å²) in [5.74, 6) is 0.944. The lowest BCUT2D eigenvalue weighted by Crippen LogP contribution is -2.34. The second kappa shape index (κ2) is 13.8. The van der Waals surface area contributed by atoms with E-state index in [0.29, 0.717) is 25.3 Å². The molecule has 1 aromatic carbocycles. The highest BCUT2D eigenvalue weighted by Gasteiger charge is 2.06. The standard InChI is InChI=1S/C21H31N3O3.C2H6.2H2/c1-4-5-6-7-21(26)22-10-11-24(3)12-13-27-18-8-9-19-17(14-18)15-20(23-19)16(2)25;1-2;;/h8-9,14-15,23H,4-7,10-13H2,1-3H3,(H,22,26);1-2H3;2*1H. The zero-order chi connectivity index (χ0) is 21.6. The number of aromatic amines is 1. The summed E-state index contributed by atoms with van der Waals surface area (Å²) in [5, 5.41) is 3.93. The lowest BCUT2D eigenvalue weighted by Gasteiger charge is -2.17. The van der Waals surface area contributed by atoms with Gasteiger partial charge < -0.3 is 19.9 Å². The number of rotatable bonds is 12. The van der Waals surface area contributed by atoms with Crippen molar-refractivity contribution in [3.63, 3.8) is 0 Å². The maximum absolute atomic E-state index is 11.7. The summed E-state index contributed by atoms with van der Waals surface area (Å²) in [7, 11) is 2.01. The predicted molar refractivity (Wildman–Crippen MR) is 124 cm³/mol. The maximum atomic E-state index is 11.7. The van der Waals surface area contributed by atoms with E-state index in [2.05, 4.69) is 22.1 Å². The summed E-state index contributed by atoms with van der Waals surface area (Å²) < 4.78 is 5.82. The Bertz CT molecular complexity index is 766. The van der Waals surface area contributed by atoms with Crippen molar-refractivity contribution in [2.24, 2.45) is 0 Å². The van der Waals surface area contributed by atoms with Gasteiger partial charge in [0.05, 0.1) is 5.69 Å². The Balaban J connectivity index is 0. The van der Waals surface area contributed by atoms with E-state index in [9.17, 15) is 9.59 Å². The monoisotopic (exact) mass is 407 g/mol. The quantitative estimate of drug-likeness (QED) is 0.388. The highest BCUT2D eigenvalue weighted by molar-refractivity contribution is 5.98. The highest BCUT2D eigenvalue weighted by atomic mass is 16.5. The van der Waals surface area contributed by atoms with Gasteiger partial charge in [0.1, 0.15) is 12.4 Å². The third-order valence-electron chi connectivity index (χ3n) is 4.54. The van der Waals surface area contributed by atoms with Crippen LogP contribution in [-0.2, 0) is 4.79 Å². The molecule has 0 fully saturated rings. The molecule has 0 bridgehead atoms. The molecule has 0 atom stereocenters. The molecule has 29 heavy (non-hydrogen) atoms. The van der Waals surface area contributed by atoms with Gasteiger partial charge in [-0.05, 0) is 37.7 Å². The summed E-state index contributed by atoms with van der Waals surface area (Å²) >= 11 is 0. The van der Waals surface area contributed by atoms with Gasteiger partial charge in [0.25, 0.3) is 0 Å². The molecule has 6 nitrogen and oxygen atoms in total. The van der Waals surface area contributed by atoms with E-state index in [0.717, 1.165) is 49.0 Å². The lowest BCUT2D eigenvalue weighted by molar-refractivity contribution is -0.121. The molecule has 0 aliphatic heterocycles. The summed E-state index contributed by atoms with van der Waals surface area (Å²) in [6.07, 6.45) is 3.82. The van der Waals surface area contributed by atoms with Gasteiger partial charge in [0.15, 0.2) is 5.78 Å². The third-order valence-corrected chi connectivity index (χ3v) is 4.54. The smallest absolute Gasteiger partial charge is 0.220 e. The number of hydrogen-bond donors (Lipinski definition) is 2. The molecular formula is C23H41N3O3. The van der Waals surface area contributed by atoms with E-state index in [1.165, 1.54) is 0 Å². The summed E-state index contributed by atoms with van der Waals surface area (Å²) in [5.41, 5.74) is 1.54. The fraction of sp³-hybridized carbons (Fsp3) is 0.565. The molecular weight excluding hydrogens is 366 g/mol. The van der Waals surface area contributed by atoms with Crippen LogP contribution in [0.25, 0.3) is 10.9 Å². The number of Topliss-reactive ketones (excluding diaryl/α,β-unsaturated/α-hetero) is 1. The number of fused-ring (bicyclic) bond motifs is 1. The first-order valence-corrected chi connectivity index (χ1v) is 10.7. The number of nitrogens with one attached hydrogen (secondary N) is 2. The first kappa shape index (κ1) is 24.7. The van der Waals surface area contributed by atoms with Gasteiger partial charge in [-0.2, -0.15) is 0 Å². The molecule has 0 aliphatic carbocycles. The van der Waals surface area contributed by atoms with Crippen molar-refractivity contribution in [2.45, 2.75) is 53.4 Å². The fourth-order valence-electron chi connectivity index (χ4n) is 2.83. The number of aromatic nitrogens is 1. The highest BCUT2D eigenvalue weighted by Crippen LogP contribution is 2.21. The minimum absolute atomic E-state index is 0. The zero-order valence-electron chi connectivity index (χ0n) is 18.6. The second-order valence-corrected chi connectivity index (χ2v) is 6.95. The lowest BCUT2D eigenvalue weighted by atomic mass is 10.2. The molecule has 1 aromatic heterocycles. The molecule has 2 rings (SSSR count). The normalized spacial score (nSPS) is 10.6. The van der Waals surface area contributed by atoms with E-state index >= 15 is 0 Å². The Morgan fingerprint density at radius 3 is 2.62 bits per heavy atom. The zero-order valence-corrected chi connectivity index (χ0v) is 18.6. The number of benzene rings is 1. The van der Waals surface area contributed by atoms with Crippen LogP contribution in [0.3, 0.4) is 0 Å². The molecule has 2 aromatic rings. The van der Waals surface area contributed by atoms with Crippen LogP contribution >= 0.6 is 0 Å². The van der Waals surface area contributed by atoms with Crippen molar-refractivity contribution in [3.05, 3.63) is 30.0 Å². The average molecular weight is 408 g/mol. The van der Waals surface area contributed by atoms with E-state index < -0.39 is 0 Å². The van der Waals surface area contributed by atoms with E-state index in [1.807, 2.05) is 45.2 Å². The van der Waals surface area contributed by atoms with Crippen LogP contribution in [0, 0.1) is 0 Å². The number of ether oxygens (including phenoxy) is 1. The number of unbranched alkanes of at least 4 members (excludes halogenated alkanes) is 2. The molecule has 0 aliphatic rings. The summed E-state index contributed by atoms with van der Waals surface area (Å²) in [6, 6.07) is 7.61. The molecule has 1 amide bonds. The number of nitrogens with zero attached hydrogens (tertiary/aromatic N) is 1. The van der Waals surface area contributed by atoms with E-state index in [-0.39, 0.29) is 14.5 Å². The number of ketones is 1. The Kier molecular flexibility index (Phi) is 11.7. The number of amides is 1. The van der Waals surface area contributed by atoms with Crippen molar-refractivity contribution >= 4 is 22.6 Å². The minimum Gasteiger partial charge on any atom is -0.492 e. The van der Waals surface area contributed by atoms with Crippen LogP contribution in [0.1, 0.15) is 66.7 Å². The SMILES string of the molecule is CC.CCCCCC(=O)NCCN(C)CCOc1ccc2[nH]c(C(C)=O)cc2c1.[HH].[HH]. The van der Waals surface area contributed by atoms with Gasteiger partial charge in [0, 0.05) is 46.7 Å². The minimum atomic E-state index is 0. The number of H-pyrrole nitrogens is 1. The second-order valence-electron chi connectivity index (χ2n) is 6.95. The van der Waals surface area contributed by atoms with Crippen LogP contribution in [0.5, 0.6) is 5.75 Å². The van der Waals surface area contributed by atoms with Crippen LogP contribution < -0.4 is 10.1 Å². The Labute approximate surface area is 178 Å². The van der Waals surface area contributed by atoms with E-state index in [1.54, 1.807) is 6.92 Å². The Morgan fingerprint density at radius 2 is 1.93 bits per heavy atom. The van der Waals surface area contributed by atoms with Gasteiger partial charge in [0.2, 0.25) is 5.91 Å². The van der Waals surface area contributed by atoms with E-state index in [4.69, 9.17) is 4.74 Å². The molecule has 0 radical (unpaired) electrons. The van der Waals surface area contributed by atoms with Crippen LogP contribution in [0.4, 0.5) is 0 Å². The van der Waals surface area contributed by atoms with Crippen molar-refractivity contribution in [2.75, 3.05) is 33.3 Å². The molecule has 1 heterocycles. The molecule has 0 saturated heterocycles. The summed E-state index contributed by atoms with van der Waals surface area (Å²) in [4.78, 5) is 28.3. The van der Waals surface area contributed by atoms with Gasteiger partial charge in [-0.1, -0.05) is 33.6 Å². The molecule has 6 heteroatoms. The number of carbonyl (C=O) groups is 2. The van der Waals surface area contributed by atoms with Crippen LogP contribution in [0.15, 0.2) is 24.3 Å². The van der Waals surface area contributed by atoms with Gasteiger partial charge in [-0.25, -0.2) is 0 Å². The Morgan fingerprint density at radius 1 is 1.17 bits per heavy atom. The molecule has 0 saturated carbocycles. The number of carbonyl (C=O) groups excluding carboxylic acids is 2. The third kappa shape index (κ3) is 9.13. The van der Waals surface area contributed by atoms with Crippen molar-refractivity contribution in [1.82, 2.24) is 15.2 Å². The number of likely N-dealkylation sites (N-methyl/N-ethyl adjacent to an activating group) is 1. The topological polar surface area (TPSA) is 74.4 Å². The predicted octanol–water partition coefficient (Wildman–Crippen LogP) is 4.90. The first-order valence-electron chi connectivity index (χ1n) is 10.7. The maximum Gasteiger partial charge on any atom is 0.220 e. The van der Waals surface area contributed by atoms with Crippen molar-refractivity contribution in [1.29, 1.82) is 0 Å². The fourth-order valence-corrected chi connectivity index (χ4v) is 2.83. The van der Waals surface area contributed by atoms with Crippen molar-refractivity contribution < 1.29 is 17.2 Å². The van der Waals surface area contributed by atoms with Crippen LogP contribution in [0.2, 0.25) is 0 Å². The van der Waals surface area contributed by atoms with Gasteiger partial charge in [-0.15, -0.1) is 0 Å². The average Bonchev–Trinajstić information content (AvgIpc) is 3.13. The number of hydrogen-bond acceptors (Lipinski definition) is 4. The first-order chi connectivity index (χ1) is 14.0. The Hall–Kier alpha value is -2.34.